The lowest BCUT2D eigenvalue weighted by atomic mass is 10.2. The van der Waals surface area contributed by atoms with Crippen molar-refractivity contribution in [3.8, 4) is 12.1 Å². The van der Waals surface area contributed by atoms with Gasteiger partial charge in [-0.3, -0.25) is 4.79 Å². The monoisotopic (exact) mass is 343 g/mol. The van der Waals surface area contributed by atoms with E-state index < -0.39 is 0 Å². The van der Waals surface area contributed by atoms with E-state index in [9.17, 15) is 4.79 Å². The Bertz CT molecular complexity index is 789. The zero-order valence-corrected chi connectivity index (χ0v) is 13.9. The standard InChI is InChI=1S/C15H13N5OS2/c1-9(12-3-2-4-22-12)19-13(21)8-23-15-11(7-17)5-10(6-16)14(18)20-15/h2-5,9H,8H2,1H3,(H2,18,20)(H,19,21)/t9-/m1/s1. The summed E-state index contributed by atoms with van der Waals surface area (Å²) in [6, 6.07) is 9.04. The van der Waals surface area contributed by atoms with Gasteiger partial charge in [0.25, 0.3) is 0 Å². The van der Waals surface area contributed by atoms with Crippen molar-refractivity contribution in [3.05, 3.63) is 39.6 Å². The van der Waals surface area contributed by atoms with Gasteiger partial charge < -0.3 is 11.1 Å². The largest absolute Gasteiger partial charge is 0.383 e. The zero-order chi connectivity index (χ0) is 16.8. The van der Waals surface area contributed by atoms with Crippen LogP contribution in [0.5, 0.6) is 0 Å². The Balaban J connectivity index is 2.01. The van der Waals surface area contributed by atoms with E-state index in [-0.39, 0.29) is 34.6 Å². The summed E-state index contributed by atoms with van der Waals surface area (Å²) in [4.78, 5) is 17.1. The molecule has 3 N–H and O–H groups in total. The zero-order valence-electron chi connectivity index (χ0n) is 12.2. The molecule has 23 heavy (non-hydrogen) atoms. The second-order valence-electron chi connectivity index (χ2n) is 4.59. The second-order valence-corrected chi connectivity index (χ2v) is 6.53. The Hall–Kier alpha value is -2.55. The topological polar surface area (TPSA) is 116 Å². The molecule has 6 nitrogen and oxygen atoms in total. The van der Waals surface area contributed by atoms with Gasteiger partial charge in [-0.1, -0.05) is 17.8 Å². The molecule has 0 unspecified atom stereocenters. The Morgan fingerprint density at radius 3 is 2.83 bits per heavy atom. The first-order chi connectivity index (χ1) is 11.0. The third-order valence-corrected chi connectivity index (χ3v) is 4.99. The van der Waals surface area contributed by atoms with Crippen molar-refractivity contribution in [1.82, 2.24) is 10.3 Å². The van der Waals surface area contributed by atoms with Gasteiger partial charge in [-0.05, 0) is 24.4 Å². The first-order valence-electron chi connectivity index (χ1n) is 6.61. The minimum Gasteiger partial charge on any atom is -0.383 e. The minimum atomic E-state index is -0.162. The highest BCUT2D eigenvalue weighted by Crippen LogP contribution is 2.24. The molecule has 0 saturated heterocycles. The number of nitriles is 2. The molecule has 0 aliphatic carbocycles. The highest BCUT2D eigenvalue weighted by Gasteiger charge is 2.14. The van der Waals surface area contributed by atoms with Gasteiger partial charge in [-0.2, -0.15) is 10.5 Å². The van der Waals surface area contributed by atoms with Gasteiger partial charge in [0.15, 0.2) is 0 Å². The summed E-state index contributed by atoms with van der Waals surface area (Å²) in [5.74, 6) is 0.00816. The highest BCUT2D eigenvalue weighted by atomic mass is 32.2. The average molecular weight is 343 g/mol. The van der Waals surface area contributed by atoms with Gasteiger partial charge in [0, 0.05) is 4.88 Å². The van der Waals surface area contributed by atoms with E-state index in [1.807, 2.05) is 36.6 Å². The van der Waals surface area contributed by atoms with Crippen LogP contribution in [-0.2, 0) is 4.79 Å². The molecule has 0 saturated carbocycles. The van der Waals surface area contributed by atoms with Crippen LogP contribution in [0.1, 0.15) is 29.0 Å². The fourth-order valence-corrected chi connectivity index (χ4v) is 3.32. The van der Waals surface area contributed by atoms with E-state index >= 15 is 0 Å². The second kappa shape index (κ2) is 7.63. The summed E-state index contributed by atoms with van der Waals surface area (Å²) in [6.07, 6.45) is 0. The van der Waals surface area contributed by atoms with Crippen LogP contribution in [0.4, 0.5) is 5.82 Å². The van der Waals surface area contributed by atoms with Crippen LogP contribution in [0.2, 0.25) is 0 Å². The molecule has 0 fully saturated rings. The maximum Gasteiger partial charge on any atom is 0.230 e. The lowest BCUT2D eigenvalue weighted by Crippen LogP contribution is -2.27. The number of carbonyl (C=O) groups is 1. The van der Waals surface area contributed by atoms with Crippen LogP contribution in [0.25, 0.3) is 0 Å². The molecule has 0 aromatic carbocycles. The molecule has 2 rings (SSSR count). The maximum atomic E-state index is 12.0. The van der Waals surface area contributed by atoms with Crippen molar-refractivity contribution in [2.45, 2.75) is 18.0 Å². The van der Waals surface area contributed by atoms with Gasteiger partial charge >= 0.3 is 0 Å². The summed E-state index contributed by atoms with van der Waals surface area (Å²) in [6.45, 7) is 1.91. The third kappa shape index (κ3) is 4.22. The van der Waals surface area contributed by atoms with Crippen molar-refractivity contribution in [3.63, 3.8) is 0 Å². The molecule has 0 bridgehead atoms. The van der Waals surface area contributed by atoms with Crippen molar-refractivity contribution in [2.24, 2.45) is 0 Å². The van der Waals surface area contributed by atoms with E-state index in [0.717, 1.165) is 16.6 Å². The lowest BCUT2D eigenvalue weighted by molar-refractivity contribution is -0.119. The molecule has 0 spiro atoms. The molecule has 0 radical (unpaired) electrons. The maximum absolute atomic E-state index is 12.0. The summed E-state index contributed by atoms with van der Waals surface area (Å²) in [5, 5.41) is 23.2. The van der Waals surface area contributed by atoms with Crippen LogP contribution in [0.3, 0.4) is 0 Å². The lowest BCUT2D eigenvalue weighted by Gasteiger charge is -2.12. The Kier molecular flexibility index (Phi) is 5.58. The van der Waals surface area contributed by atoms with Crippen molar-refractivity contribution < 1.29 is 4.79 Å². The molecule has 0 aliphatic rings. The molecule has 2 aromatic rings. The van der Waals surface area contributed by atoms with Crippen LogP contribution in [0, 0.1) is 22.7 Å². The van der Waals surface area contributed by atoms with Gasteiger partial charge in [0.2, 0.25) is 5.91 Å². The molecule has 116 valence electrons. The fourth-order valence-electron chi connectivity index (χ4n) is 1.82. The van der Waals surface area contributed by atoms with Crippen LogP contribution in [0.15, 0.2) is 28.6 Å². The number of nitrogen functional groups attached to an aromatic ring is 1. The molecule has 8 heteroatoms. The number of nitrogens with two attached hydrogens (primary N) is 1. The quantitative estimate of drug-likeness (QED) is 0.806. The van der Waals surface area contributed by atoms with Crippen molar-refractivity contribution in [2.75, 3.05) is 11.5 Å². The molecule has 0 aliphatic heterocycles. The Morgan fingerprint density at radius 2 is 2.22 bits per heavy atom. The summed E-state index contributed by atoms with van der Waals surface area (Å²) in [7, 11) is 0. The number of carbonyl (C=O) groups excluding carboxylic acids is 1. The summed E-state index contributed by atoms with van der Waals surface area (Å²) >= 11 is 2.70. The number of thiophene rings is 1. The molecular formula is C15H13N5OS2. The number of aromatic nitrogens is 1. The Morgan fingerprint density at radius 1 is 1.48 bits per heavy atom. The molecular weight excluding hydrogens is 330 g/mol. The number of rotatable bonds is 5. The number of hydrogen-bond acceptors (Lipinski definition) is 7. The van der Waals surface area contributed by atoms with E-state index in [0.29, 0.717) is 5.03 Å². The SMILES string of the molecule is C[C@@H](NC(=O)CSc1nc(N)c(C#N)cc1C#N)c1cccs1. The number of thioether (sulfide) groups is 1. The number of nitrogens with one attached hydrogen (secondary N) is 1. The van der Waals surface area contributed by atoms with Gasteiger partial charge in [0.05, 0.1) is 22.9 Å². The molecule has 2 aromatic heterocycles. The molecule has 1 atom stereocenters. The number of pyridine rings is 1. The summed E-state index contributed by atoms with van der Waals surface area (Å²) in [5.41, 5.74) is 6.04. The van der Waals surface area contributed by atoms with E-state index in [1.54, 1.807) is 11.3 Å². The summed E-state index contributed by atoms with van der Waals surface area (Å²) < 4.78 is 0. The number of nitrogens with zero attached hydrogens (tertiary/aromatic N) is 3. The van der Waals surface area contributed by atoms with Gasteiger partial charge in [-0.15, -0.1) is 11.3 Å². The van der Waals surface area contributed by atoms with Gasteiger partial charge in [-0.25, -0.2) is 4.98 Å². The minimum absolute atomic E-state index is 0.0568. The third-order valence-electron chi connectivity index (χ3n) is 2.95. The smallest absolute Gasteiger partial charge is 0.230 e. The fraction of sp³-hybridized carbons (Fsp3) is 0.200. The predicted octanol–water partition coefficient (Wildman–Crippen LogP) is 2.44. The van der Waals surface area contributed by atoms with Crippen LogP contribution >= 0.6 is 23.1 Å². The predicted molar refractivity (Wildman–Crippen MR) is 89.7 cm³/mol. The number of hydrogen-bond donors (Lipinski definition) is 2. The van der Waals surface area contributed by atoms with Crippen molar-refractivity contribution in [1.29, 1.82) is 10.5 Å². The van der Waals surface area contributed by atoms with Gasteiger partial charge in [0.1, 0.15) is 23.0 Å². The Labute approximate surface area is 141 Å². The first kappa shape index (κ1) is 16.8. The van der Waals surface area contributed by atoms with E-state index in [2.05, 4.69) is 10.3 Å². The normalized spacial score (nSPS) is 11.3. The van der Waals surface area contributed by atoms with Crippen molar-refractivity contribution >= 4 is 34.8 Å². The van der Waals surface area contributed by atoms with E-state index in [1.165, 1.54) is 6.07 Å². The number of amides is 1. The highest BCUT2D eigenvalue weighted by molar-refractivity contribution is 8.00. The molecule has 2 heterocycles. The van der Waals surface area contributed by atoms with E-state index in [4.69, 9.17) is 16.3 Å². The average Bonchev–Trinajstić information content (AvgIpc) is 3.07. The first-order valence-corrected chi connectivity index (χ1v) is 8.48. The number of anilines is 1. The van der Waals surface area contributed by atoms with Crippen LogP contribution < -0.4 is 11.1 Å². The molecule has 1 amide bonds. The van der Waals surface area contributed by atoms with Crippen LogP contribution in [-0.4, -0.2) is 16.6 Å².